The predicted octanol–water partition coefficient (Wildman–Crippen LogP) is 8.41. The molecule has 1 amide bonds. The molecule has 2 aliphatic carbocycles. The van der Waals surface area contributed by atoms with Gasteiger partial charge in [0.05, 0.1) is 24.3 Å². The third-order valence-electron chi connectivity index (χ3n) is 9.26. The first-order valence-electron chi connectivity index (χ1n) is 16.6. The average Bonchev–Trinajstić information content (AvgIpc) is 3.60. The topological polar surface area (TPSA) is 93.7 Å². The number of thiophene rings is 2. The third-order valence-corrected chi connectivity index (χ3v) is 11.6. The van der Waals surface area contributed by atoms with Crippen molar-refractivity contribution in [3.05, 3.63) is 104 Å². The highest BCUT2D eigenvalue weighted by atomic mass is 32.1. The molecule has 246 valence electrons. The van der Waals surface area contributed by atoms with Crippen molar-refractivity contribution in [3.8, 4) is 0 Å². The van der Waals surface area contributed by atoms with Gasteiger partial charge in [-0.1, -0.05) is 74.5 Å². The predicted molar refractivity (Wildman–Crippen MR) is 189 cm³/mol. The van der Waals surface area contributed by atoms with Gasteiger partial charge in [0.1, 0.15) is 10.0 Å². The first-order chi connectivity index (χ1) is 22.8. The molecule has 7 nitrogen and oxygen atoms in total. The van der Waals surface area contributed by atoms with E-state index in [0.717, 1.165) is 59.4 Å². The Morgan fingerprint density at radius 2 is 1.17 bits per heavy atom. The first kappa shape index (κ1) is 33.0. The van der Waals surface area contributed by atoms with Crippen LogP contribution < -0.4 is 10.6 Å². The average molecular weight is 671 g/mol. The summed E-state index contributed by atoms with van der Waals surface area (Å²) in [4.78, 5) is 44.5. The van der Waals surface area contributed by atoms with Crippen LogP contribution in [0.3, 0.4) is 0 Å². The monoisotopic (exact) mass is 670 g/mol. The molecule has 2 heterocycles. The second-order valence-corrected chi connectivity index (χ2v) is 14.8. The van der Waals surface area contributed by atoms with Crippen molar-refractivity contribution in [3.63, 3.8) is 0 Å². The summed E-state index contributed by atoms with van der Waals surface area (Å²) in [5.74, 6) is -0.182. The number of hydrogen-bond donors (Lipinski definition) is 2. The summed E-state index contributed by atoms with van der Waals surface area (Å²) in [7, 11) is 0. The molecule has 47 heavy (non-hydrogen) atoms. The third kappa shape index (κ3) is 6.35. The van der Waals surface area contributed by atoms with Crippen molar-refractivity contribution in [2.45, 2.75) is 71.8 Å². The minimum Gasteiger partial charge on any atom is -0.462 e. The van der Waals surface area contributed by atoms with Gasteiger partial charge in [0.25, 0.3) is 5.91 Å². The molecule has 2 aromatic heterocycles. The van der Waals surface area contributed by atoms with Crippen LogP contribution >= 0.6 is 22.7 Å². The molecular weight excluding hydrogens is 629 g/mol. The Labute approximate surface area is 284 Å². The second-order valence-electron chi connectivity index (χ2n) is 12.6. The number of amides is 1. The van der Waals surface area contributed by atoms with Crippen LogP contribution in [0.15, 0.2) is 60.7 Å². The Kier molecular flexibility index (Phi) is 9.85. The molecule has 2 aromatic carbocycles. The number of rotatable bonds is 10. The number of fused-ring (bicyclic) bond motifs is 2. The summed E-state index contributed by atoms with van der Waals surface area (Å²) >= 11 is 3.00. The Hall–Kier alpha value is -3.95. The van der Waals surface area contributed by atoms with E-state index in [2.05, 4.69) is 24.5 Å². The van der Waals surface area contributed by atoms with Gasteiger partial charge in [-0.15, -0.1) is 22.7 Å². The number of anilines is 2. The van der Waals surface area contributed by atoms with E-state index in [1.807, 2.05) is 60.7 Å². The van der Waals surface area contributed by atoms with Crippen molar-refractivity contribution in [1.82, 2.24) is 0 Å². The number of carbonyl (C=O) groups is 3. The van der Waals surface area contributed by atoms with Crippen LogP contribution in [0.1, 0.15) is 93.3 Å². The van der Waals surface area contributed by atoms with E-state index in [0.29, 0.717) is 44.1 Å². The van der Waals surface area contributed by atoms with Gasteiger partial charge >= 0.3 is 11.9 Å². The van der Waals surface area contributed by atoms with Gasteiger partial charge in [0, 0.05) is 9.75 Å². The Balaban J connectivity index is 1.54. The van der Waals surface area contributed by atoms with E-state index < -0.39 is 11.5 Å². The Bertz CT molecular complexity index is 1720. The molecule has 0 radical (unpaired) electrons. The molecule has 9 heteroatoms. The molecule has 2 aliphatic rings. The van der Waals surface area contributed by atoms with Crippen LogP contribution in [0.2, 0.25) is 0 Å². The van der Waals surface area contributed by atoms with Gasteiger partial charge in [0.15, 0.2) is 5.54 Å². The maximum Gasteiger partial charge on any atom is 0.341 e. The number of benzene rings is 2. The lowest BCUT2D eigenvalue weighted by Gasteiger charge is -2.35. The van der Waals surface area contributed by atoms with Crippen molar-refractivity contribution in [1.29, 1.82) is 0 Å². The van der Waals surface area contributed by atoms with Gasteiger partial charge in [-0.2, -0.15) is 0 Å². The van der Waals surface area contributed by atoms with Crippen molar-refractivity contribution in [2.75, 3.05) is 23.8 Å². The summed E-state index contributed by atoms with van der Waals surface area (Å²) in [6.07, 6.45) is 5.22. The number of nitrogens with one attached hydrogen (secondary N) is 2. The molecule has 6 rings (SSSR count). The quantitative estimate of drug-likeness (QED) is 0.165. The smallest absolute Gasteiger partial charge is 0.341 e. The lowest BCUT2D eigenvalue weighted by molar-refractivity contribution is -0.119. The summed E-state index contributed by atoms with van der Waals surface area (Å²) < 4.78 is 11.1. The fourth-order valence-corrected chi connectivity index (χ4v) is 9.74. The molecule has 0 spiro atoms. The lowest BCUT2D eigenvalue weighted by Crippen LogP contribution is -2.48. The molecule has 2 N–H and O–H groups in total. The number of hydrogen-bond acceptors (Lipinski definition) is 8. The number of esters is 2. The highest BCUT2D eigenvalue weighted by molar-refractivity contribution is 7.17. The van der Waals surface area contributed by atoms with Crippen LogP contribution in [0, 0.1) is 11.8 Å². The van der Waals surface area contributed by atoms with Crippen molar-refractivity contribution >= 4 is 50.5 Å². The van der Waals surface area contributed by atoms with Gasteiger partial charge in [-0.25, -0.2) is 9.59 Å². The van der Waals surface area contributed by atoms with Gasteiger partial charge in [0.2, 0.25) is 0 Å². The molecule has 0 fully saturated rings. The second kappa shape index (κ2) is 14.0. The highest BCUT2D eigenvalue weighted by Gasteiger charge is 2.45. The van der Waals surface area contributed by atoms with Crippen molar-refractivity contribution < 1.29 is 23.9 Å². The fourth-order valence-electron chi connectivity index (χ4n) is 6.89. The van der Waals surface area contributed by atoms with E-state index in [9.17, 15) is 9.59 Å². The van der Waals surface area contributed by atoms with Crippen LogP contribution in [-0.4, -0.2) is 31.1 Å². The summed E-state index contributed by atoms with van der Waals surface area (Å²) in [5.41, 5.74) is 2.88. The highest BCUT2D eigenvalue weighted by Crippen LogP contribution is 2.46. The van der Waals surface area contributed by atoms with Crippen molar-refractivity contribution in [2.24, 2.45) is 11.8 Å². The van der Waals surface area contributed by atoms with E-state index in [4.69, 9.17) is 9.47 Å². The van der Waals surface area contributed by atoms with Crippen LogP contribution in [0.5, 0.6) is 0 Å². The molecule has 0 bridgehead atoms. The summed E-state index contributed by atoms with van der Waals surface area (Å²) in [6, 6.07) is 19.2. The fraction of sp³-hybridized carbons (Fsp3) is 0.395. The lowest BCUT2D eigenvalue weighted by atomic mass is 9.81. The molecular formula is C38H42N2O5S2. The molecule has 0 aliphatic heterocycles. The SMILES string of the molecule is CCOC(=O)c1c(NC(=O)C(Nc2sc3c(c2C(=O)OCC)CC[C@H](C)C3)(c2ccccc2)c2ccccc2)sc2c1CC[C@@H](C)C2. The van der Waals surface area contributed by atoms with E-state index >= 15 is 4.79 Å². The minimum absolute atomic E-state index is 0.241. The van der Waals surface area contributed by atoms with Gasteiger partial charge in [-0.05, 0) is 86.5 Å². The van der Waals surface area contributed by atoms with Crippen LogP contribution in [0.4, 0.5) is 10.0 Å². The Morgan fingerprint density at radius 3 is 1.64 bits per heavy atom. The molecule has 4 aromatic rings. The Morgan fingerprint density at radius 1 is 0.723 bits per heavy atom. The van der Waals surface area contributed by atoms with E-state index in [1.165, 1.54) is 22.7 Å². The maximum atomic E-state index is 15.2. The van der Waals surface area contributed by atoms with Crippen LogP contribution in [-0.2, 0) is 45.5 Å². The zero-order valence-electron chi connectivity index (χ0n) is 27.4. The molecule has 0 unspecified atom stereocenters. The first-order valence-corrected chi connectivity index (χ1v) is 18.2. The van der Waals surface area contributed by atoms with Crippen LogP contribution in [0.25, 0.3) is 0 Å². The summed E-state index contributed by atoms with van der Waals surface area (Å²) in [6.45, 7) is 8.53. The molecule has 0 saturated heterocycles. The van der Waals surface area contributed by atoms with E-state index in [-0.39, 0.29) is 25.1 Å². The molecule has 0 saturated carbocycles. The zero-order valence-corrected chi connectivity index (χ0v) is 29.1. The van der Waals surface area contributed by atoms with E-state index in [1.54, 1.807) is 13.8 Å². The summed E-state index contributed by atoms with van der Waals surface area (Å²) in [5, 5.41) is 7.99. The zero-order chi connectivity index (χ0) is 33.1. The number of ether oxygens (including phenoxy) is 2. The van der Waals surface area contributed by atoms with Gasteiger partial charge < -0.3 is 20.1 Å². The largest absolute Gasteiger partial charge is 0.462 e. The van der Waals surface area contributed by atoms with Gasteiger partial charge in [-0.3, -0.25) is 4.79 Å². The standard InChI is InChI=1S/C38H42N2O5S2/c1-5-44-35(41)31-27-19-17-23(3)21-29(27)46-33(31)39-37(43)38(25-13-9-7-10-14-25,26-15-11-8-12-16-26)40-34-32(36(42)45-6-2)28-20-18-24(4)22-30(28)47-34/h7-16,23-24,40H,5-6,17-22H2,1-4H3,(H,39,43)/t23-,24+/m1/s1. The normalized spacial score (nSPS) is 17.3. The minimum atomic E-state index is -1.47. The molecule has 2 atom stereocenters. The maximum absolute atomic E-state index is 15.2. The number of carbonyl (C=O) groups excluding carboxylic acids is 3.